The van der Waals surface area contributed by atoms with E-state index in [0.29, 0.717) is 6.54 Å². The molecular formula is C22H22ClFN2O5. The fourth-order valence-electron chi connectivity index (χ4n) is 3.98. The molecule has 3 N–H and O–H groups in total. The van der Waals surface area contributed by atoms with E-state index in [-0.39, 0.29) is 29.5 Å². The van der Waals surface area contributed by atoms with Crippen molar-refractivity contribution in [2.45, 2.75) is 37.3 Å². The fourth-order valence-corrected chi connectivity index (χ4v) is 4.16. The first kappa shape index (κ1) is 21.7. The van der Waals surface area contributed by atoms with E-state index in [1.807, 2.05) is 24.3 Å². The van der Waals surface area contributed by atoms with Crippen molar-refractivity contribution in [1.29, 1.82) is 0 Å². The van der Waals surface area contributed by atoms with Crippen molar-refractivity contribution in [2.75, 3.05) is 18.0 Å². The summed E-state index contributed by atoms with van der Waals surface area (Å²) in [6.45, 7) is 0.465. The highest BCUT2D eigenvalue weighted by Crippen LogP contribution is 2.30. The van der Waals surface area contributed by atoms with Crippen LogP contribution in [0.25, 0.3) is 0 Å². The number of para-hydroxylation sites is 1. The highest BCUT2D eigenvalue weighted by Gasteiger charge is 2.44. The van der Waals surface area contributed by atoms with Crippen molar-refractivity contribution in [3.63, 3.8) is 0 Å². The van der Waals surface area contributed by atoms with Gasteiger partial charge in [-0.2, -0.15) is 0 Å². The number of rotatable bonds is 5. The number of benzene rings is 2. The fraction of sp³-hybridized carbons (Fsp3) is 0.364. The highest BCUT2D eigenvalue weighted by molar-refractivity contribution is 6.31. The van der Waals surface area contributed by atoms with Gasteiger partial charge in [0.1, 0.15) is 24.1 Å². The lowest BCUT2D eigenvalue weighted by molar-refractivity contribution is -0.122. The number of carbonyl (C=O) groups is 2. The molecule has 0 unspecified atom stereocenters. The van der Waals surface area contributed by atoms with E-state index in [1.165, 1.54) is 12.1 Å². The predicted octanol–water partition coefficient (Wildman–Crippen LogP) is 1.68. The lowest BCUT2D eigenvalue weighted by Gasteiger charge is -2.21. The Hall–Kier alpha value is -2.52. The average Bonchev–Trinajstić information content (AvgIpc) is 3.31. The van der Waals surface area contributed by atoms with E-state index in [1.54, 1.807) is 4.90 Å². The van der Waals surface area contributed by atoms with Gasteiger partial charge in [0.05, 0.1) is 17.5 Å². The maximum absolute atomic E-state index is 13.3. The molecule has 0 saturated carbocycles. The number of nitrogens with zero attached hydrogens (tertiary/aromatic N) is 1. The van der Waals surface area contributed by atoms with Gasteiger partial charge in [-0.1, -0.05) is 29.8 Å². The summed E-state index contributed by atoms with van der Waals surface area (Å²) in [4.78, 5) is 26.7. The predicted molar refractivity (Wildman–Crippen MR) is 112 cm³/mol. The number of aliphatic hydroxyl groups is 2. The molecule has 2 amide bonds. The molecule has 9 heteroatoms. The van der Waals surface area contributed by atoms with Gasteiger partial charge in [0.25, 0.3) is 5.91 Å². The van der Waals surface area contributed by atoms with Crippen molar-refractivity contribution in [3.05, 3.63) is 64.4 Å². The molecule has 0 radical (unpaired) electrons. The number of hydrogen-bond acceptors (Lipinski definition) is 5. The van der Waals surface area contributed by atoms with Crippen molar-refractivity contribution in [2.24, 2.45) is 0 Å². The molecule has 2 heterocycles. The number of anilines is 1. The zero-order chi connectivity index (χ0) is 22.1. The van der Waals surface area contributed by atoms with Crippen LogP contribution in [-0.2, 0) is 16.0 Å². The van der Waals surface area contributed by atoms with Crippen LogP contribution in [0.3, 0.4) is 0 Å². The largest absolute Gasteiger partial charge is 0.388 e. The summed E-state index contributed by atoms with van der Waals surface area (Å²) in [7, 11) is 0. The topological polar surface area (TPSA) is 99.1 Å². The van der Waals surface area contributed by atoms with Crippen LogP contribution in [-0.4, -0.2) is 59.5 Å². The summed E-state index contributed by atoms with van der Waals surface area (Å²) >= 11 is 5.69. The zero-order valence-electron chi connectivity index (χ0n) is 16.5. The molecule has 2 aliphatic heterocycles. The number of amides is 2. The number of fused-ring (bicyclic) bond motifs is 1. The SMILES string of the molecule is O=C(NC[C@H]1O[C@@H](CC(=O)N2CCc3ccccc32)[C@H](O)[C@@H]1O)c1ccc(F)c(Cl)c1. The maximum Gasteiger partial charge on any atom is 0.251 e. The van der Waals surface area contributed by atoms with E-state index < -0.39 is 36.1 Å². The second-order valence-electron chi connectivity index (χ2n) is 7.66. The van der Waals surface area contributed by atoms with E-state index in [4.69, 9.17) is 16.3 Å². The van der Waals surface area contributed by atoms with Crippen LogP contribution >= 0.6 is 11.6 Å². The number of halogens is 2. The first-order valence-corrected chi connectivity index (χ1v) is 10.4. The van der Waals surface area contributed by atoms with Crippen LogP contribution in [0.15, 0.2) is 42.5 Å². The molecule has 2 aromatic carbocycles. The normalized spacial score (nSPS) is 24.8. The summed E-state index contributed by atoms with van der Waals surface area (Å²) in [5.41, 5.74) is 2.09. The third-order valence-corrected chi connectivity index (χ3v) is 5.96. The first-order chi connectivity index (χ1) is 14.8. The second kappa shape index (κ2) is 8.92. The Morgan fingerprint density at radius 1 is 1.16 bits per heavy atom. The molecule has 7 nitrogen and oxygen atoms in total. The standard InChI is InChI=1S/C22H22ClFN2O5/c23-14-9-13(5-6-15(14)24)22(30)25-11-18-21(29)20(28)17(31-18)10-19(27)26-8-7-12-3-1-2-4-16(12)26/h1-6,9,17-18,20-21,28-29H,7-8,10-11H2,(H,25,30)/t17-,18+,20-,21+/m0/s1. The lowest BCUT2D eigenvalue weighted by Crippen LogP contribution is -2.40. The van der Waals surface area contributed by atoms with Crippen molar-refractivity contribution >= 4 is 29.1 Å². The monoisotopic (exact) mass is 448 g/mol. The molecule has 2 aromatic rings. The Morgan fingerprint density at radius 3 is 2.68 bits per heavy atom. The van der Waals surface area contributed by atoms with E-state index in [2.05, 4.69) is 5.32 Å². The maximum atomic E-state index is 13.3. The summed E-state index contributed by atoms with van der Waals surface area (Å²) in [6.07, 6.45) is -3.63. The molecule has 0 aromatic heterocycles. The van der Waals surface area contributed by atoms with Gasteiger partial charge in [-0.05, 0) is 36.2 Å². The molecule has 31 heavy (non-hydrogen) atoms. The van der Waals surface area contributed by atoms with Gasteiger partial charge in [0.2, 0.25) is 5.91 Å². The molecule has 0 aliphatic carbocycles. The van der Waals surface area contributed by atoms with Crippen molar-refractivity contribution in [3.8, 4) is 0 Å². The van der Waals surface area contributed by atoms with E-state index in [0.717, 1.165) is 23.7 Å². The van der Waals surface area contributed by atoms with Crippen LogP contribution in [0, 0.1) is 5.82 Å². The van der Waals surface area contributed by atoms with Gasteiger partial charge in [0, 0.05) is 24.3 Å². The summed E-state index contributed by atoms with van der Waals surface area (Å²) < 4.78 is 18.9. The summed E-state index contributed by atoms with van der Waals surface area (Å²) in [5.74, 6) is -1.36. The second-order valence-corrected chi connectivity index (χ2v) is 8.07. The Kier molecular flexibility index (Phi) is 6.24. The van der Waals surface area contributed by atoms with Gasteiger partial charge in [0.15, 0.2) is 0 Å². The molecule has 0 spiro atoms. The number of nitrogens with one attached hydrogen (secondary N) is 1. The van der Waals surface area contributed by atoms with Gasteiger partial charge < -0.3 is 25.2 Å². The quantitative estimate of drug-likeness (QED) is 0.646. The number of aliphatic hydroxyl groups excluding tert-OH is 2. The Labute approximate surface area is 183 Å². The Bertz CT molecular complexity index is 1000. The molecule has 0 bridgehead atoms. The minimum absolute atomic E-state index is 0.0927. The molecule has 1 fully saturated rings. The lowest BCUT2D eigenvalue weighted by atomic mass is 10.0. The van der Waals surface area contributed by atoms with Crippen LogP contribution in [0.4, 0.5) is 10.1 Å². The molecular weight excluding hydrogens is 427 g/mol. The summed E-state index contributed by atoms with van der Waals surface area (Å²) in [6, 6.07) is 11.2. The van der Waals surface area contributed by atoms with Crippen molar-refractivity contribution < 1.29 is 28.9 Å². The van der Waals surface area contributed by atoms with Gasteiger partial charge in [-0.25, -0.2) is 4.39 Å². The van der Waals surface area contributed by atoms with Crippen LogP contribution < -0.4 is 10.2 Å². The van der Waals surface area contributed by atoms with Crippen LogP contribution in [0.2, 0.25) is 5.02 Å². The third kappa shape index (κ3) is 4.43. The Morgan fingerprint density at radius 2 is 1.90 bits per heavy atom. The van der Waals surface area contributed by atoms with Crippen LogP contribution in [0.5, 0.6) is 0 Å². The molecule has 4 atom stereocenters. The van der Waals surface area contributed by atoms with Gasteiger partial charge in [-0.15, -0.1) is 0 Å². The highest BCUT2D eigenvalue weighted by atomic mass is 35.5. The average molecular weight is 449 g/mol. The minimum Gasteiger partial charge on any atom is -0.388 e. The number of hydrogen-bond donors (Lipinski definition) is 3. The third-order valence-electron chi connectivity index (χ3n) is 5.67. The van der Waals surface area contributed by atoms with E-state index >= 15 is 0 Å². The van der Waals surface area contributed by atoms with Gasteiger partial charge in [-0.3, -0.25) is 9.59 Å². The summed E-state index contributed by atoms with van der Waals surface area (Å²) in [5, 5.41) is 23.0. The molecule has 4 rings (SSSR count). The smallest absolute Gasteiger partial charge is 0.251 e. The minimum atomic E-state index is -1.26. The number of carbonyl (C=O) groups excluding carboxylic acids is 2. The van der Waals surface area contributed by atoms with Gasteiger partial charge >= 0.3 is 0 Å². The zero-order valence-corrected chi connectivity index (χ0v) is 17.3. The number of ether oxygens (including phenoxy) is 1. The van der Waals surface area contributed by atoms with E-state index in [9.17, 15) is 24.2 Å². The molecule has 164 valence electrons. The molecule has 1 saturated heterocycles. The first-order valence-electron chi connectivity index (χ1n) is 9.98. The van der Waals surface area contributed by atoms with Crippen molar-refractivity contribution in [1.82, 2.24) is 5.32 Å². The Balaban J connectivity index is 1.34. The molecule has 2 aliphatic rings. The van der Waals surface area contributed by atoms with Crippen LogP contribution in [0.1, 0.15) is 22.3 Å².